The van der Waals surface area contributed by atoms with Crippen molar-refractivity contribution in [2.45, 2.75) is 103 Å². The highest BCUT2D eigenvalue weighted by atomic mass is 16.7. The van der Waals surface area contributed by atoms with Crippen LogP contribution in [0.15, 0.2) is 48.5 Å². The smallest absolute Gasteiger partial charge is 0.482 e. The van der Waals surface area contributed by atoms with Gasteiger partial charge in [-0.2, -0.15) is 0 Å². The molecule has 2 aromatic carbocycles. The third-order valence-corrected chi connectivity index (χ3v) is 8.48. The molecule has 2 aliphatic carbocycles. The zero-order chi connectivity index (χ0) is 29.2. The molecule has 0 amide bonds. The van der Waals surface area contributed by atoms with Crippen LogP contribution in [-0.2, 0) is 38.5 Å². The molecule has 1 fully saturated rings. The number of aliphatic hydroxyl groups excluding tert-OH is 1. The second-order valence-corrected chi connectivity index (χ2v) is 11.9. The van der Waals surface area contributed by atoms with Crippen LogP contribution in [0.1, 0.15) is 82.4 Å². The molecule has 1 saturated carbocycles. The van der Waals surface area contributed by atoms with Crippen LogP contribution in [0, 0.1) is 17.8 Å². The maximum atomic E-state index is 12.3. The minimum absolute atomic E-state index is 0.138. The number of esters is 1. The zero-order valence-corrected chi connectivity index (χ0v) is 24.8. The standard InChI is InChI=1S/C34H46O7/c1-4-5-7-14-27(41-34(37)40-23(2)3)16-17-28-29-18-25-13-10-15-32(30(25)19-26(29)20-31(28)35)38-22-33(36)39-21-24-11-8-6-9-12-24/h6,8-13,15,23,26-29,31,35H,4-5,7,14,16-22H2,1-3H3/t26?,27?,28?,29?,31-/m1/s1. The quantitative estimate of drug-likeness (QED) is 0.198. The number of unbranched alkanes of at least 4 members (excludes halogenated alkanes) is 2. The maximum Gasteiger partial charge on any atom is 0.508 e. The minimum atomic E-state index is -0.602. The fourth-order valence-corrected chi connectivity index (χ4v) is 6.47. The lowest BCUT2D eigenvalue weighted by Crippen LogP contribution is -2.29. The molecule has 7 heteroatoms. The van der Waals surface area contributed by atoms with E-state index in [-0.39, 0.29) is 37.4 Å². The highest BCUT2D eigenvalue weighted by molar-refractivity contribution is 5.71. The predicted octanol–water partition coefficient (Wildman–Crippen LogP) is 6.81. The topological polar surface area (TPSA) is 91.3 Å². The summed E-state index contributed by atoms with van der Waals surface area (Å²) in [6, 6.07) is 15.6. The highest BCUT2D eigenvalue weighted by Crippen LogP contribution is 2.48. The van der Waals surface area contributed by atoms with Crippen LogP contribution in [-0.4, -0.2) is 42.1 Å². The Morgan fingerprint density at radius 1 is 0.976 bits per heavy atom. The van der Waals surface area contributed by atoms with Crippen molar-refractivity contribution in [2.75, 3.05) is 6.61 Å². The summed E-state index contributed by atoms with van der Waals surface area (Å²) in [7, 11) is 0. The summed E-state index contributed by atoms with van der Waals surface area (Å²) in [6.45, 7) is 5.88. The molecule has 0 bridgehead atoms. The largest absolute Gasteiger partial charge is 0.508 e. The summed E-state index contributed by atoms with van der Waals surface area (Å²) in [5.74, 6) is 1.20. The van der Waals surface area contributed by atoms with Gasteiger partial charge in [0.2, 0.25) is 0 Å². The number of fused-ring (bicyclic) bond motifs is 2. The van der Waals surface area contributed by atoms with Crippen LogP contribution in [0.4, 0.5) is 4.79 Å². The lowest BCUT2D eigenvalue weighted by Gasteiger charge is -2.32. The van der Waals surface area contributed by atoms with E-state index in [1.165, 1.54) is 5.56 Å². The third-order valence-electron chi connectivity index (χ3n) is 8.48. The molecule has 224 valence electrons. The first kappa shape index (κ1) is 30.9. The van der Waals surface area contributed by atoms with Crippen molar-refractivity contribution in [1.82, 2.24) is 0 Å². The van der Waals surface area contributed by atoms with Gasteiger partial charge in [0.1, 0.15) is 18.5 Å². The zero-order valence-electron chi connectivity index (χ0n) is 24.8. The number of aliphatic hydroxyl groups is 1. The molecule has 0 aliphatic heterocycles. The van der Waals surface area contributed by atoms with E-state index >= 15 is 0 Å². The molecule has 2 aliphatic rings. The molecule has 5 atom stereocenters. The lowest BCUT2D eigenvalue weighted by molar-refractivity contribution is -0.147. The van der Waals surface area contributed by atoms with E-state index in [2.05, 4.69) is 13.0 Å². The van der Waals surface area contributed by atoms with E-state index in [9.17, 15) is 14.7 Å². The van der Waals surface area contributed by atoms with Gasteiger partial charge in [0, 0.05) is 0 Å². The first-order valence-electron chi connectivity index (χ1n) is 15.3. The average Bonchev–Trinajstić information content (AvgIpc) is 3.26. The molecule has 0 radical (unpaired) electrons. The normalized spacial score (nSPS) is 22.0. The second kappa shape index (κ2) is 15.2. The molecular weight excluding hydrogens is 520 g/mol. The monoisotopic (exact) mass is 566 g/mol. The van der Waals surface area contributed by atoms with E-state index in [1.807, 2.05) is 56.3 Å². The van der Waals surface area contributed by atoms with Crippen LogP contribution < -0.4 is 4.74 Å². The van der Waals surface area contributed by atoms with Crippen molar-refractivity contribution in [3.63, 3.8) is 0 Å². The number of ether oxygens (including phenoxy) is 4. The Bertz CT molecular complexity index is 1120. The van der Waals surface area contributed by atoms with Gasteiger partial charge in [-0.15, -0.1) is 0 Å². The molecule has 4 rings (SSSR count). The molecule has 2 aromatic rings. The van der Waals surface area contributed by atoms with Gasteiger partial charge in [-0.3, -0.25) is 0 Å². The molecule has 0 saturated heterocycles. The summed E-state index contributed by atoms with van der Waals surface area (Å²) in [5.41, 5.74) is 3.29. The number of benzene rings is 2. The summed E-state index contributed by atoms with van der Waals surface area (Å²) in [6.07, 6.45) is 6.60. The molecule has 41 heavy (non-hydrogen) atoms. The molecule has 0 spiro atoms. The summed E-state index contributed by atoms with van der Waals surface area (Å²) < 4.78 is 22.3. The van der Waals surface area contributed by atoms with Gasteiger partial charge in [-0.25, -0.2) is 9.59 Å². The number of hydrogen-bond donors (Lipinski definition) is 1. The summed E-state index contributed by atoms with van der Waals surface area (Å²) in [5, 5.41) is 11.1. The van der Waals surface area contributed by atoms with Crippen molar-refractivity contribution in [3.8, 4) is 5.75 Å². The maximum absolute atomic E-state index is 12.3. The van der Waals surface area contributed by atoms with Crippen LogP contribution in [0.25, 0.3) is 0 Å². The number of carbonyl (C=O) groups is 2. The summed E-state index contributed by atoms with van der Waals surface area (Å²) >= 11 is 0. The number of rotatable bonds is 14. The molecular formula is C34H46O7. The van der Waals surface area contributed by atoms with Gasteiger partial charge in [0.25, 0.3) is 0 Å². The molecule has 0 aromatic heterocycles. The van der Waals surface area contributed by atoms with Gasteiger partial charge < -0.3 is 24.1 Å². The van der Waals surface area contributed by atoms with Gasteiger partial charge in [-0.05, 0) is 99.3 Å². The van der Waals surface area contributed by atoms with Gasteiger partial charge >= 0.3 is 12.1 Å². The van der Waals surface area contributed by atoms with Crippen LogP contribution in [0.5, 0.6) is 5.75 Å². The van der Waals surface area contributed by atoms with E-state index in [1.54, 1.807) is 0 Å². The van der Waals surface area contributed by atoms with E-state index in [0.29, 0.717) is 11.8 Å². The Kier molecular flexibility index (Phi) is 11.5. The van der Waals surface area contributed by atoms with Crippen LogP contribution in [0.3, 0.4) is 0 Å². The molecule has 7 nitrogen and oxygen atoms in total. The van der Waals surface area contributed by atoms with Crippen LogP contribution >= 0.6 is 0 Å². The third kappa shape index (κ3) is 8.96. The van der Waals surface area contributed by atoms with Gasteiger partial charge in [-0.1, -0.05) is 62.2 Å². The van der Waals surface area contributed by atoms with Crippen molar-refractivity contribution >= 4 is 12.1 Å². The lowest BCUT2D eigenvalue weighted by atomic mass is 9.73. The number of carbonyl (C=O) groups excluding carboxylic acids is 2. The predicted molar refractivity (Wildman–Crippen MR) is 157 cm³/mol. The molecule has 0 heterocycles. The van der Waals surface area contributed by atoms with E-state index in [0.717, 1.165) is 74.7 Å². The minimum Gasteiger partial charge on any atom is -0.482 e. The van der Waals surface area contributed by atoms with Crippen molar-refractivity contribution in [3.05, 3.63) is 65.2 Å². The Morgan fingerprint density at radius 2 is 1.78 bits per heavy atom. The van der Waals surface area contributed by atoms with Gasteiger partial charge in [0.15, 0.2) is 6.61 Å². The Morgan fingerprint density at radius 3 is 2.54 bits per heavy atom. The number of hydrogen-bond acceptors (Lipinski definition) is 7. The van der Waals surface area contributed by atoms with Crippen molar-refractivity contribution < 1.29 is 33.6 Å². The molecule has 1 N–H and O–H groups in total. The van der Waals surface area contributed by atoms with Crippen LogP contribution in [0.2, 0.25) is 0 Å². The van der Waals surface area contributed by atoms with E-state index < -0.39 is 12.1 Å². The van der Waals surface area contributed by atoms with Crippen molar-refractivity contribution in [2.24, 2.45) is 17.8 Å². The second-order valence-electron chi connectivity index (χ2n) is 11.9. The highest BCUT2D eigenvalue weighted by Gasteiger charge is 2.45. The fourth-order valence-electron chi connectivity index (χ4n) is 6.47. The van der Waals surface area contributed by atoms with Gasteiger partial charge in [0.05, 0.1) is 12.2 Å². The van der Waals surface area contributed by atoms with Crippen molar-refractivity contribution in [1.29, 1.82) is 0 Å². The average molecular weight is 567 g/mol. The SMILES string of the molecule is CCCCCC(CCC1C2Cc3cccc(OCC(=O)OCc4ccccc4)c3CC2C[C@H]1O)OC(=O)OC(C)C. The first-order valence-corrected chi connectivity index (χ1v) is 15.3. The Labute approximate surface area is 244 Å². The van der Waals surface area contributed by atoms with E-state index in [4.69, 9.17) is 18.9 Å². The Balaban J connectivity index is 1.33. The fraction of sp³-hybridized carbons (Fsp3) is 0.588. The first-order chi connectivity index (χ1) is 19.8. The molecule has 4 unspecified atom stereocenters. The summed E-state index contributed by atoms with van der Waals surface area (Å²) in [4.78, 5) is 24.6. The Hall–Kier alpha value is -3.06.